The van der Waals surface area contributed by atoms with Gasteiger partial charge in [0.2, 0.25) is 0 Å². The number of hydrogen-bond donors (Lipinski definition) is 1. The number of nitrogens with zero attached hydrogens (tertiary/aromatic N) is 3. The van der Waals surface area contributed by atoms with Crippen LogP contribution in [-0.2, 0) is 6.54 Å². The fourth-order valence-corrected chi connectivity index (χ4v) is 2.97. The van der Waals surface area contributed by atoms with Crippen LogP contribution < -0.4 is 0 Å². The minimum Gasteiger partial charge on any atom is -0.305 e. The highest BCUT2D eigenvalue weighted by Crippen LogP contribution is 2.24. The van der Waals surface area contributed by atoms with Crippen molar-refractivity contribution in [1.29, 1.82) is 0 Å². The Morgan fingerprint density at radius 2 is 2.14 bits per heavy atom. The van der Waals surface area contributed by atoms with Crippen molar-refractivity contribution < 1.29 is 4.39 Å². The lowest BCUT2D eigenvalue weighted by Gasteiger charge is -2.24. The Balaban J connectivity index is 1.75. The molecule has 0 spiro atoms. The number of rotatable bonds is 4. The Bertz CT molecular complexity index is 593. The molecule has 21 heavy (non-hydrogen) atoms. The molecule has 0 aliphatic carbocycles. The minimum absolute atomic E-state index is 0.217. The van der Waals surface area contributed by atoms with Crippen LogP contribution in [0.1, 0.15) is 12.0 Å². The summed E-state index contributed by atoms with van der Waals surface area (Å²) in [6.07, 6.45) is 3.07. The van der Waals surface area contributed by atoms with E-state index in [1.165, 1.54) is 18.6 Å². The number of halogens is 1. The van der Waals surface area contributed by atoms with E-state index < -0.39 is 0 Å². The van der Waals surface area contributed by atoms with Gasteiger partial charge in [0.15, 0.2) is 0 Å². The number of likely N-dealkylation sites (N-methyl/N-ethyl adjacent to an activating group) is 2. The van der Waals surface area contributed by atoms with Crippen molar-refractivity contribution in [2.75, 3.05) is 27.2 Å². The second-order valence-electron chi connectivity index (χ2n) is 5.90. The Hall–Kier alpha value is -1.72. The van der Waals surface area contributed by atoms with Gasteiger partial charge in [-0.25, -0.2) is 4.39 Å². The van der Waals surface area contributed by atoms with Gasteiger partial charge in [-0.1, -0.05) is 0 Å². The molecule has 1 aromatic carbocycles. The molecule has 3 rings (SSSR count). The molecule has 5 heteroatoms. The summed E-state index contributed by atoms with van der Waals surface area (Å²) in [6, 6.07) is 7.13. The molecule has 0 unspecified atom stereocenters. The number of nitrogens with one attached hydrogen (secondary N) is 1. The number of benzene rings is 1. The predicted octanol–water partition coefficient (Wildman–Crippen LogP) is 2.35. The fourth-order valence-electron chi connectivity index (χ4n) is 2.97. The Morgan fingerprint density at radius 1 is 1.38 bits per heavy atom. The molecule has 2 heterocycles. The van der Waals surface area contributed by atoms with Gasteiger partial charge in [0.05, 0.1) is 11.9 Å². The lowest BCUT2D eigenvalue weighted by molar-refractivity contribution is 0.234. The molecule has 112 valence electrons. The van der Waals surface area contributed by atoms with Gasteiger partial charge < -0.3 is 4.90 Å². The van der Waals surface area contributed by atoms with Crippen LogP contribution in [0.25, 0.3) is 11.3 Å². The van der Waals surface area contributed by atoms with Crippen molar-refractivity contribution in [2.24, 2.45) is 0 Å². The van der Waals surface area contributed by atoms with Crippen LogP contribution in [0, 0.1) is 5.82 Å². The molecular weight excluding hydrogens is 267 g/mol. The van der Waals surface area contributed by atoms with Crippen LogP contribution in [0.5, 0.6) is 0 Å². The highest BCUT2D eigenvalue weighted by Gasteiger charge is 2.24. The van der Waals surface area contributed by atoms with Gasteiger partial charge in [0.25, 0.3) is 0 Å². The van der Waals surface area contributed by atoms with Crippen molar-refractivity contribution >= 4 is 0 Å². The highest BCUT2D eigenvalue weighted by atomic mass is 19.1. The average Bonchev–Trinajstić information content (AvgIpc) is 3.09. The zero-order chi connectivity index (χ0) is 14.8. The van der Waals surface area contributed by atoms with Crippen molar-refractivity contribution in [3.05, 3.63) is 41.8 Å². The lowest BCUT2D eigenvalue weighted by atomic mass is 10.1. The first-order valence-electron chi connectivity index (χ1n) is 7.30. The molecule has 4 nitrogen and oxygen atoms in total. The second kappa shape index (κ2) is 5.95. The van der Waals surface area contributed by atoms with E-state index in [2.05, 4.69) is 34.1 Å². The zero-order valence-corrected chi connectivity index (χ0v) is 12.5. The molecule has 0 saturated carbocycles. The fraction of sp³-hybridized carbons (Fsp3) is 0.438. The van der Waals surface area contributed by atoms with Crippen LogP contribution in [0.15, 0.2) is 30.5 Å². The third-order valence-corrected chi connectivity index (χ3v) is 4.26. The molecule has 2 aromatic rings. The highest BCUT2D eigenvalue weighted by molar-refractivity contribution is 5.62. The number of aromatic amines is 1. The van der Waals surface area contributed by atoms with Crippen LogP contribution in [0.4, 0.5) is 4.39 Å². The standard InChI is InChI=1S/C16H21FN4/c1-20-8-7-15(11-20)21(2)10-13-9-18-19-16(13)12-3-5-14(17)6-4-12/h3-6,9,15H,7-8,10-11H2,1-2H3,(H,18,19)/t15-/m1/s1. The van der Waals surface area contributed by atoms with E-state index in [1.54, 1.807) is 12.1 Å². The minimum atomic E-state index is -0.217. The van der Waals surface area contributed by atoms with E-state index in [0.717, 1.165) is 36.5 Å². The number of likely N-dealkylation sites (tertiary alicyclic amines) is 1. The quantitative estimate of drug-likeness (QED) is 0.938. The first kappa shape index (κ1) is 14.2. The first-order valence-corrected chi connectivity index (χ1v) is 7.30. The third kappa shape index (κ3) is 3.14. The van der Waals surface area contributed by atoms with Crippen LogP contribution in [0.2, 0.25) is 0 Å². The monoisotopic (exact) mass is 288 g/mol. The summed E-state index contributed by atoms with van der Waals surface area (Å²) >= 11 is 0. The van der Waals surface area contributed by atoms with Gasteiger partial charge in [-0.3, -0.25) is 10.00 Å². The largest absolute Gasteiger partial charge is 0.305 e. The summed E-state index contributed by atoms with van der Waals surface area (Å²) in [5.74, 6) is -0.217. The van der Waals surface area contributed by atoms with E-state index in [-0.39, 0.29) is 5.82 Å². The summed E-state index contributed by atoms with van der Waals surface area (Å²) < 4.78 is 13.0. The van der Waals surface area contributed by atoms with E-state index >= 15 is 0 Å². The van der Waals surface area contributed by atoms with Gasteiger partial charge in [-0.2, -0.15) is 5.10 Å². The smallest absolute Gasteiger partial charge is 0.123 e. The van der Waals surface area contributed by atoms with Crippen LogP contribution in [0.3, 0.4) is 0 Å². The molecule has 1 atom stereocenters. The molecule has 1 N–H and O–H groups in total. The van der Waals surface area contributed by atoms with Gasteiger partial charge in [0, 0.05) is 30.3 Å². The van der Waals surface area contributed by atoms with Crippen LogP contribution in [-0.4, -0.2) is 53.2 Å². The topological polar surface area (TPSA) is 35.2 Å². The Morgan fingerprint density at radius 3 is 2.81 bits per heavy atom. The maximum absolute atomic E-state index is 13.0. The third-order valence-electron chi connectivity index (χ3n) is 4.26. The van der Waals surface area contributed by atoms with Gasteiger partial charge in [-0.05, 0) is 51.3 Å². The molecule has 0 amide bonds. The number of hydrogen-bond acceptors (Lipinski definition) is 3. The molecule has 1 aliphatic rings. The second-order valence-corrected chi connectivity index (χ2v) is 5.90. The summed E-state index contributed by atoms with van der Waals surface area (Å²) in [4.78, 5) is 4.73. The van der Waals surface area contributed by atoms with Gasteiger partial charge in [-0.15, -0.1) is 0 Å². The van der Waals surface area contributed by atoms with Crippen molar-refractivity contribution in [1.82, 2.24) is 20.0 Å². The molecule has 1 aromatic heterocycles. The molecule has 1 aliphatic heterocycles. The normalized spacial score (nSPS) is 19.5. The van der Waals surface area contributed by atoms with Crippen LogP contribution >= 0.6 is 0 Å². The summed E-state index contributed by atoms with van der Waals surface area (Å²) in [7, 11) is 4.32. The van der Waals surface area contributed by atoms with E-state index in [4.69, 9.17) is 0 Å². The number of aromatic nitrogens is 2. The number of H-pyrrole nitrogens is 1. The van der Waals surface area contributed by atoms with Gasteiger partial charge in [0.1, 0.15) is 5.82 Å². The summed E-state index contributed by atoms with van der Waals surface area (Å²) in [5, 5.41) is 7.20. The summed E-state index contributed by atoms with van der Waals surface area (Å²) in [6.45, 7) is 3.12. The molecule has 1 saturated heterocycles. The maximum atomic E-state index is 13.0. The van der Waals surface area contributed by atoms with Crippen molar-refractivity contribution in [3.63, 3.8) is 0 Å². The first-order chi connectivity index (χ1) is 10.1. The molecule has 0 bridgehead atoms. The predicted molar refractivity (Wildman–Crippen MR) is 81.4 cm³/mol. The van der Waals surface area contributed by atoms with E-state index in [9.17, 15) is 4.39 Å². The van der Waals surface area contributed by atoms with Crippen molar-refractivity contribution in [3.8, 4) is 11.3 Å². The van der Waals surface area contributed by atoms with E-state index in [1.807, 2.05) is 6.20 Å². The van der Waals surface area contributed by atoms with Crippen molar-refractivity contribution in [2.45, 2.75) is 19.0 Å². The Kier molecular flexibility index (Phi) is 4.03. The van der Waals surface area contributed by atoms with Gasteiger partial charge >= 0.3 is 0 Å². The van der Waals surface area contributed by atoms with E-state index in [0.29, 0.717) is 6.04 Å². The SMILES string of the molecule is CN1CC[C@@H](N(C)Cc2cn[nH]c2-c2ccc(F)cc2)C1. The molecule has 1 fully saturated rings. The lowest BCUT2D eigenvalue weighted by Crippen LogP contribution is -2.33. The molecule has 0 radical (unpaired) electrons. The Labute approximate surface area is 124 Å². The molecular formula is C16H21FN4. The summed E-state index contributed by atoms with van der Waals surface area (Å²) in [5.41, 5.74) is 3.10. The maximum Gasteiger partial charge on any atom is 0.123 e. The average molecular weight is 288 g/mol. The zero-order valence-electron chi connectivity index (χ0n) is 12.5.